The molecule has 1 N–H and O–H groups in total. The topological polar surface area (TPSA) is 93.0 Å². The Hall–Kier alpha value is -4.31. The number of nitrogens with one attached hydrogen (secondary N) is 1. The van der Waals surface area contributed by atoms with Crippen molar-refractivity contribution in [1.82, 2.24) is 9.36 Å². The second-order valence-electron chi connectivity index (χ2n) is 7.35. The molecule has 1 amide bonds. The van der Waals surface area contributed by atoms with Gasteiger partial charge in [0, 0.05) is 24.4 Å². The zero-order valence-corrected chi connectivity index (χ0v) is 18.0. The van der Waals surface area contributed by atoms with Gasteiger partial charge in [-0.05, 0) is 31.2 Å². The molecule has 2 heterocycles. The lowest BCUT2D eigenvalue weighted by Crippen LogP contribution is -2.23. The minimum atomic E-state index is -0.647. The first kappa shape index (κ1) is 20.9. The maximum absolute atomic E-state index is 13.1. The van der Waals surface area contributed by atoms with Crippen molar-refractivity contribution in [3.8, 4) is 11.8 Å². The summed E-state index contributed by atoms with van der Waals surface area (Å²) in [6, 6.07) is 18.6. The normalized spacial score (nSPS) is 11.5. The number of anilines is 1. The molecule has 0 fully saturated rings. The molecule has 32 heavy (non-hydrogen) atoms. The Labute approximate surface area is 184 Å². The van der Waals surface area contributed by atoms with Crippen LogP contribution >= 0.6 is 0 Å². The number of para-hydroxylation sites is 2. The lowest BCUT2D eigenvalue weighted by Gasteiger charge is -2.07. The van der Waals surface area contributed by atoms with E-state index in [1.807, 2.05) is 67.6 Å². The molecule has 160 valence electrons. The molecule has 2 aromatic carbocycles. The average molecular weight is 426 g/mol. The van der Waals surface area contributed by atoms with E-state index in [4.69, 9.17) is 4.42 Å². The van der Waals surface area contributed by atoms with Crippen molar-refractivity contribution in [1.29, 1.82) is 5.26 Å². The number of carbonyl (C=O) groups is 1. The van der Waals surface area contributed by atoms with Crippen LogP contribution in [-0.2, 0) is 18.3 Å². The summed E-state index contributed by atoms with van der Waals surface area (Å²) < 4.78 is 9.00. The minimum absolute atomic E-state index is 0.111. The second-order valence-corrected chi connectivity index (χ2v) is 7.35. The Morgan fingerprint density at radius 2 is 1.84 bits per heavy atom. The zero-order chi connectivity index (χ0) is 22.8. The highest BCUT2D eigenvalue weighted by molar-refractivity contribution is 6.11. The number of furan rings is 1. The molecule has 0 saturated carbocycles. The predicted octanol–water partition coefficient (Wildman–Crippen LogP) is 4.34. The number of aryl methyl sites for hydroxylation is 1. The molecule has 7 nitrogen and oxygen atoms in total. The average Bonchev–Trinajstić information content (AvgIpc) is 3.27. The molecule has 0 bridgehead atoms. The van der Waals surface area contributed by atoms with Crippen molar-refractivity contribution in [3.63, 3.8) is 0 Å². The van der Waals surface area contributed by atoms with Gasteiger partial charge in [-0.15, -0.1) is 0 Å². The maximum Gasteiger partial charge on any atom is 0.295 e. The first-order chi connectivity index (χ1) is 15.5. The van der Waals surface area contributed by atoms with Gasteiger partial charge in [-0.2, -0.15) is 5.26 Å². The molecule has 4 aromatic rings. The van der Waals surface area contributed by atoms with E-state index in [-0.39, 0.29) is 16.8 Å². The van der Waals surface area contributed by atoms with Gasteiger partial charge < -0.3 is 9.73 Å². The van der Waals surface area contributed by atoms with Gasteiger partial charge in [0.15, 0.2) is 0 Å². The summed E-state index contributed by atoms with van der Waals surface area (Å²) in [5, 5.41) is 13.2. The molecule has 4 rings (SSSR count). The summed E-state index contributed by atoms with van der Waals surface area (Å²) in [4.78, 5) is 26.0. The summed E-state index contributed by atoms with van der Waals surface area (Å²) in [6.07, 6.45) is 2.13. The molecule has 0 aliphatic rings. The van der Waals surface area contributed by atoms with E-state index in [1.54, 1.807) is 18.7 Å². The fraction of sp³-hybridized carbons (Fsp3) is 0.160. The second kappa shape index (κ2) is 8.44. The number of aromatic nitrogens is 2. The van der Waals surface area contributed by atoms with Crippen molar-refractivity contribution >= 4 is 28.6 Å². The van der Waals surface area contributed by atoms with Gasteiger partial charge in [-0.3, -0.25) is 14.3 Å². The minimum Gasteiger partial charge on any atom is -0.460 e. The molecule has 0 radical (unpaired) electrons. The lowest BCUT2D eigenvalue weighted by molar-refractivity contribution is -0.112. The van der Waals surface area contributed by atoms with Crippen LogP contribution in [0.25, 0.3) is 22.7 Å². The summed E-state index contributed by atoms with van der Waals surface area (Å²) in [6.45, 7) is 3.69. The first-order valence-corrected chi connectivity index (χ1v) is 10.2. The summed E-state index contributed by atoms with van der Waals surface area (Å²) in [7, 11) is 1.74. The Balaban J connectivity index is 1.74. The van der Waals surface area contributed by atoms with Crippen molar-refractivity contribution in [2.24, 2.45) is 7.05 Å². The van der Waals surface area contributed by atoms with E-state index < -0.39 is 5.91 Å². The summed E-state index contributed by atoms with van der Waals surface area (Å²) in [5.74, 6) is 0.0416. The smallest absolute Gasteiger partial charge is 0.295 e. The number of amides is 1. The molecule has 2 aromatic heterocycles. The summed E-state index contributed by atoms with van der Waals surface area (Å²) in [5.41, 5.74) is 2.30. The number of nitriles is 1. The van der Waals surface area contributed by atoms with Crippen LogP contribution in [0.3, 0.4) is 0 Å². The highest BCUT2D eigenvalue weighted by Gasteiger charge is 2.21. The van der Waals surface area contributed by atoms with E-state index in [2.05, 4.69) is 5.32 Å². The quantitative estimate of drug-likeness (QED) is 0.379. The molecule has 0 saturated heterocycles. The van der Waals surface area contributed by atoms with Crippen LogP contribution in [0.15, 0.2) is 69.4 Å². The molecule has 0 aliphatic carbocycles. The molecule has 7 heteroatoms. The van der Waals surface area contributed by atoms with Crippen molar-refractivity contribution < 1.29 is 9.21 Å². The molecular weight excluding hydrogens is 404 g/mol. The Morgan fingerprint density at radius 3 is 2.53 bits per heavy atom. The van der Waals surface area contributed by atoms with Gasteiger partial charge in [-0.1, -0.05) is 43.3 Å². The molecule has 0 aliphatic heterocycles. The van der Waals surface area contributed by atoms with Crippen molar-refractivity contribution in [2.75, 3.05) is 5.32 Å². The van der Waals surface area contributed by atoms with Crippen molar-refractivity contribution in [2.45, 2.75) is 20.3 Å². The van der Waals surface area contributed by atoms with Gasteiger partial charge in [0.05, 0.1) is 11.4 Å². The maximum atomic E-state index is 13.1. The number of hydrogen-bond donors (Lipinski definition) is 1. The van der Waals surface area contributed by atoms with E-state index in [1.165, 1.54) is 10.8 Å². The number of carbonyl (C=O) groups excluding carboxylic acids is 1. The predicted molar refractivity (Wildman–Crippen MR) is 124 cm³/mol. The Kier molecular flexibility index (Phi) is 5.52. The third-order valence-electron chi connectivity index (χ3n) is 5.48. The van der Waals surface area contributed by atoms with Crippen LogP contribution < -0.4 is 10.9 Å². The van der Waals surface area contributed by atoms with Crippen LogP contribution in [0.5, 0.6) is 0 Å². The van der Waals surface area contributed by atoms with E-state index in [0.717, 1.165) is 5.39 Å². The molecule has 0 atom stereocenters. The summed E-state index contributed by atoms with van der Waals surface area (Å²) >= 11 is 0. The number of hydrogen-bond acceptors (Lipinski definition) is 4. The van der Waals surface area contributed by atoms with Gasteiger partial charge in [-0.25, -0.2) is 4.68 Å². The van der Waals surface area contributed by atoms with Gasteiger partial charge in [0.25, 0.3) is 11.5 Å². The van der Waals surface area contributed by atoms with Crippen LogP contribution in [-0.4, -0.2) is 15.3 Å². The number of benzene rings is 2. The third-order valence-corrected chi connectivity index (χ3v) is 5.48. The van der Waals surface area contributed by atoms with Crippen LogP contribution in [0, 0.1) is 18.3 Å². The van der Waals surface area contributed by atoms with Gasteiger partial charge in [0.2, 0.25) is 0 Å². The fourth-order valence-corrected chi connectivity index (χ4v) is 3.72. The van der Waals surface area contributed by atoms with Gasteiger partial charge >= 0.3 is 0 Å². The van der Waals surface area contributed by atoms with E-state index in [0.29, 0.717) is 34.7 Å². The fourth-order valence-electron chi connectivity index (χ4n) is 3.72. The SMILES string of the molecule is CCc1oc2ccccc2c1/C=C(\C#N)C(=O)Nc1c(C)n(C)n(-c2ccccc2)c1=O. The van der Waals surface area contributed by atoms with Gasteiger partial charge in [0.1, 0.15) is 28.7 Å². The first-order valence-electron chi connectivity index (χ1n) is 10.2. The van der Waals surface area contributed by atoms with Crippen LogP contribution in [0.4, 0.5) is 5.69 Å². The Bertz CT molecular complexity index is 1450. The standard InChI is InChI=1S/C25H22N4O3/c1-4-21-20(19-12-8-9-13-22(19)32-21)14-17(15-26)24(30)27-23-16(2)28(3)29(25(23)31)18-10-6-5-7-11-18/h5-14H,4H2,1-3H3,(H,27,30)/b17-14+. The van der Waals surface area contributed by atoms with E-state index in [9.17, 15) is 14.9 Å². The Morgan fingerprint density at radius 1 is 1.16 bits per heavy atom. The number of rotatable bonds is 5. The highest BCUT2D eigenvalue weighted by atomic mass is 16.3. The molecule has 0 unspecified atom stereocenters. The molecular formula is C25H22N4O3. The third kappa shape index (κ3) is 3.52. The largest absolute Gasteiger partial charge is 0.460 e. The zero-order valence-electron chi connectivity index (χ0n) is 18.0. The van der Waals surface area contributed by atoms with Crippen molar-refractivity contribution in [3.05, 3.63) is 87.5 Å². The monoisotopic (exact) mass is 426 g/mol. The molecule has 0 spiro atoms. The van der Waals surface area contributed by atoms with Crippen LogP contribution in [0.2, 0.25) is 0 Å². The van der Waals surface area contributed by atoms with E-state index >= 15 is 0 Å². The number of fused-ring (bicyclic) bond motifs is 1. The van der Waals surface area contributed by atoms with Crippen LogP contribution in [0.1, 0.15) is 23.9 Å². The number of nitrogens with zero attached hydrogens (tertiary/aromatic N) is 3. The highest BCUT2D eigenvalue weighted by Crippen LogP contribution is 2.28. The lowest BCUT2D eigenvalue weighted by atomic mass is 10.1.